The SMILES string of the molecule is Cc1cccc(N(CC(C)C)S(=O)(=O)c2ccc3nc(N)[nH]c3c2)c1O. The zero-order valence-electron chi connectivity index (χ0n) is 14.9. The monoisotopic (exact) mass is 374 g/mol. The van der Waals surface area contributed by atoms with E-state index in [0.717, 1.165) is 0 Å². The van der Waals surface area contributed by atoms with Crippen LogP contribution in [0.4, 0.5) is 11.6 Å². The summed E-state index contributed by atoms with van der Waals surface area (Å²) in [6.45, 7) is 5.82. The number of hydrogen-bond acceptors (Lipinski definition) is 5. The van der Waals surface area contributed by atoms with Crippen LogP contribution in [-0.4, -0.2) is 30.0 Å². The fraction of sp³-hybridized carbons (Fsp3) is 0.278. The number of sulfonamides is 1. The molecule has 3 rings (SSSR count). The van der Waals surface area contributed by atoms with Gasteiger partial charge in [0.1, 0.15) is 5.75 Å². The Morgan fingerprint density at radius 1 is 1.27 bits per heavy atom. The minimum Gasteiger partial charge on any atom is -0.505 e. The van der Waals surface area contributed by atoms with Gasteiger partial charge in [0.05, 0.1) is 21.6 Å². The number of hydrogen-bond donors (Lipinski definition) is 3. The first-order chi connectivity index (χ1) is 12.2. The zero-order chi connectivity index (χ0) is 19.1. The second-order valence-electron chi connectivity index (χ2n) is 6.67. The second-order valence-corrected chi connectivity index (χ2v) is 8.54. The molecule has 1 heterocycles. The van der Waals surface area contributed by atoms with Crippen LogP contribution < -0.4 is 10.0 Å². The van der Waals surface area contributed by atoms with Gasteiger partial charge in [-0.2, -0.15) is 0 Å². The van der Waals surface area contributed by atoms with Crippen LogP contribution in [-0.2, 0) is 10.0 Å². The molecule has 138 valence electrons. The first-order valence-corrected chi connectivity index (χ1v) is 9.70. The van der Waals surface area contributed by atoms with Crippen LogP contribution in [0.25, 0.3) is 11.0 Å². The number of anilines is 2. The second kappa shape index (κ2) is 6.53. The van der Waals surface area contributed by atoms with Crippen molar-refractivity contribution in [3.05, 3.63) is 42.0 Å². The van der Waals surface area contributed by atoms with E-state index in [-0.39, 0.29) is 34.7 Å². The molecule has 1 aromatic heterocycles. The van der Waals surface area contributed by atoms with Crippen LogP contribution in [0.5, 0.6) is 5.75 Å². The Morgan fingerprint density at radius 2 is 2.00 bits per heavy atom. The third-order valence-electron chi connectivity index (χ3n) is 4.08. The molecular weight excluding hydrogens is 352 g/mol. The molecule has 0 amide bonds. The predicted molar refractivity (Wildman–Crippen MR) is 103 cm³/mol. The number of nitrogens with one attached hydrogen (secondary N) is 1. The molecule has 0 radical (unpaired) electrons. The highest BCUT2D eigenvalue weighted by atomic mass is 32.2. The van der Waals surface area contributed by atoms with Crippen molar-refractivity contribution in [2.45, 2.75) is 25.7 Å². The van der Waals surface area contributed by atoms with E-state index in [1.54, 1.807) is 31.2 Å². The average molecular weight is 374 g/mol. The lowest BCUT2D eigenvalue weighted by molar-refractivity contribution is 0.470. The normalized spacial score (nSPS) is 12.0. The number of aromatic nitrogens is 2. The molecule has 0 aliphatic carbocycles. The molecule has 0 aliphatic heterocycles. The van der Waals surface area contributed by atoms with Gasteiger partial charge in [0.2, 0.25) is 0 Å². The summed E-state index contributed by atoms with van der Waals surface area (Å²) in [5, 5.41) is 10.4. The van der Waals surface area contributed by atoms with Gasteiger partial charge in [-0.3, -0.25) is 4.31 Å². The molecular formula is C18H22N4O3S. The summed E-state index contributed by atoms with van der Waals surface area (Å²) < 4.78 is 27.9. The number of H-pyrrole nitrogens is 1. The van der Waals surface area contributed by atoms with Gasteiger partial charge in [0, 0.05) is 6.54 Å². The highest BCUT2D eigenvalue weighted by molar-refractivity contribution is 7.92. The fourth-order valence-electron chi connectivity index (χ4n) is 2.80. The number of rotatable bonds is 5. The van der Waals surface area contributed by atoms with Gasteiger partial charge < -0.3 is 15.8 Å². The van der Waals surface area contributed by atoms with Crippen molar-refractivity contribution in [3.63, 3.8) is 0 Å². The third kappa shape index (κ3) is 3.20. The number of aromatic amines is 1. The molecule has 0 saturated heterocycles. The maximum absolute atomic E-state index is 13.3. The van der Waals surface area contributed by atoms with Gasteiger partial charge in [0.15, 0.2) is 5.95 Å². The Kier molecular flexibility index (Phi) is 4.53. The number of nitrogen functional groups attached to an aromatic ring is 1. The van der Waals surface area contributed by atoms with Crippen molar-refractivity contribution in [1.82, 2.24) is 9.97 Å². The Balaban J connectivity index is 2.15. The Bertz CT molecular complexity index is 1060. The van der Waals surface area contributed by atoms with Gasteiger partial charge >= 0.3 is 0 Å². The van der Waals surface area contributed by atoms with E-state index in [9.17, 15) is 13.5 Å². The van der Waals surface area contributed by atoms with Crippen molar-refractivity contribution in [1.29, 1.82) is 0 Å². The summed E-state index contributed by atoms with van der Waals surface area (Å²) in [6.07, 6.45) is 0. The van der Waals surface area contributed by atoms with E-state index in [1.807, 2.05) is 13.8 Å². The molecule has 0 fully saturated rings. The van der Waals surface area contributed by atoms with Gasteiger partial charge in [-0.1, -0.05) is 26.0 Å². The quantitative estimate of drug-likeness (QED) is 0.635. The molecule has 26 heavy (non-hydrogen) atoms. The minimum absolute atomic E-state index is 0.0383. The molecule has 8 heteroatoms. The molecule has 0 atom stereocenters. The van der Waals surface area contributed by atoms with Gasteiger partial charge in [-0.25, -0.2) is 13.4 Å². The van der Waals surface area contributed by atoms with Gasteiger partial charge in [-0.05, 0) is 42.7 Å². The first-order valence-electron chi connectivity index (χ1n) is 8.26. The van der Waals surface area contributed by atoms with Crippen LogP contribution >= 0.6 is 0 Å². The predicted octanol–water partition coefficient (Wildman–Crippen LogP) is 3.01. The summed E-state index contributed by atoms with van der Waals surface area (Å²) in [5.74, 6) is 0.254. The smallest absolute Gasteiger partial charge is 0.264 e. The van der Waals surface area contributed by atoms with Crippen molar-refractivity contribution in [2.24, 2.45) is 5.92 Å². The van der Waals surface area contributed by atoms with Gasteiger partial charge in [-0.15, -0.1) is 0 Å². The molecule has 3 aromatic rings. The number of imidazole rings is 1. The lowest BCUT2D eigenvalue weighted by Gasteiger charge is -2.27. The Hall–Kier alpha value is -2.74. The summed E-state index contributed by atoms with van der Waals surface area (Å²) in [7, 11) is -3.89. The third-order valence-corrected chi connectivity index (χ3v) is 5.85. The highest BCUT2D eigenvalue weighted by Gasteiger charge is 2.28. The van der Waals surface area contributed by atoms with E-state index >= 15 is 0 Å². The number of nitrogens with zero attached hydrogens (tertiary/aromatic N) is 2. The van der Waals surface area contributed by atoms with E-state index in [4.69, 9.17) is 5.73 Å². The number of aryl methyl sites for hydroxylation is 1. The average Bonchev–Trinajstić information content (AvgIpc) is 2.94. The number of nitrogens with two attached hydrogens (primary N) is 1. The molecule has 0 saturated carbocycles. The lowest BCUT2D eigenvalue weighted by Crippen LogP contribution is -2.34. The molecule has 0 unspecified atom stereocenters. The van der Waals surface area contributed by atoms with Crippen LogP contribution in [0.3, 0.4) is 0 Å². The van der Waals surface area contributed by atoms with E-state index < -0.39 is 10.0 Å². The summed E-state index contributed by atoms with van der Waals surface area (Å²) >= 11 is 0. The molecule has 0 aliphatic rings. The van der Waals surface area contributed by atoms with Crippen LogP contribution in [0.1, 0.15) is 19.4 Å². The number of benzene rings is 2. The van der Waals surface area contributed by atoms with Crippen molar-refractivity contribution in [2.75, 3.05) is 16.6 Å². The van der Waals surface area contributed by atoms with Crippen LogP contribution in [0.15, 0.2) is 41.3 Å². The van der Waals surface area contributed by atoms with Crippen LogP contribution in [0, 0.1) is 12.8 Å². The summed E-state index contributed by atoms with van der Waals surface area (Å²) in [4.78, 5) is 7.04. The fourth-order valence-corrected chi connectivity index (χ4v) is 4.46. The first kappa shape index (κ1) is 18.1. The summed E-state index contributed by atoms with van der Waals surface area (Å²) in [6, 6.07) is 9.69. The van der Waals surface area contributed by atoms with Crippen molar-refractivity contribution in [3.8, 4) is 5.75 Å². The number of phenolic OH excluding ortho intramolecular Hbond substituents is 1. The Labute approximate surface area is 152 Å². The largest absolute Gasteiger partial charge is 0.505 e. The molecule has 7 nitrogen and oxygen atoms in total. The van der Waals surface area contributed by atoms with Gasteiger partial charge in [0.25, 0.3) is 10.0 Å². The Morgan fingerprint density at radius 3 is 2.69 bits per heavy atom. The summed E-state index contributed by atoms with van der Waals surface area (Å²) in [5.41, 5.74) is 7.66. The van der Waals surface area contributed by atoms with E-state index in [0.29, 0.717) is 16.6 Å². The van der Waals surface area contributed by atoms with Crippen molar-refractivity contribution < 1.29 is 13.5 Å². The van der Waals surface area contributed by atoms with Crippen molar-refractivity contribution >= 4 is 32.7 Å². The number of phenols is 1. The number of para-hydroxylation sites is 1. The molecule has 0 bridgehead atoms. The van der Waals surface area contributed by atoms with E-state index in [2.05, 4.69) is 9.97 Å². The molecule has 4 N–H and O–H groups in total. The number of aromatic hydroxyl groups is 1. The highest BCUT2D eigenvalue weighted by Crippen LogP contribution is 2.35. The van der Waals surface area contributed by atoms with Crippen LogP contribution in [0.2, 0.25) is 0 Å². The minimum atomic E-state index is -3.89. The maximum Gasteiger partial charge on any atom is 0.264 e. The molecule has 0 spiro atoms. The zero-order valence-corrected chi connectivity index (χ0v) is 15.7. The lowest BCUT2D eigenvalue weighted by atomic mass is 10.1. The topological polar surface area (TPSA) is 112 Å². The molecule has 2 aromatic carbocycles. The van der Waals surface area contributed by atoms with E-state index in [1.165, 1.54) is 16.4 Å². The number of fused-ring (bicyclic) bond motifs is 1. The maximum atomic E-state index is 13.3. The standard InChI is InChI=1S/C18H22N4O3S/c1-11(2)10-22(16-6-4-5-12(3)17(16)23)26(24,25)13-7-8-14-15(9-13)21-18(19)20-14/h4-9,11,23H,10H2,1-3H3,(H3,19,20,21).